The molecular formula is C12H19N. The van der Waals surface area contributed by atoms with Crippen molar-refractivity contribution >= 4 is 5.71 Å². The highest BCUT2D eigenvalue weighted by Gasteiger charge is 2.15. The summed E-state index contributed by atoms with van der Waals surface area (Å²) in [5, 5.41) is 0. The molecule has 2 atom stereocenters. The van der Waals surface area contributed by atoms with Gasteiger partial charge in [-0.05, 0) is 44.4 Å². The van der Waals surface area contributed by atoms with Gasteiger partial charge in [0, 0.05) is 5.71 Å². The van der Waals surface area contributed by atoms with Crippen molar-refractivity contribution in [2.24, 2.45) is 10.9 Å². The monoisotopic (exact) mass is 177 g/mol. The SMILES string of the molecule is CC1C=CCC(N=C2CCCC2)C1. The van der Waals surface area contributed by atoms with Crippen molar-refractivity contribution in [2.45, 2.75) is 51.5 Å². The molecule has 1 nitrogen and oxygen atoms in total. The molecule has 1 heteroatoms. The van der Waals surface area contributed by atoms with E-state index in [1.807, 2.05) is 0 Å². The van der Waals surface area contributed by atoms with E-state index in [0.29, 0.717) is 6.04 Å². The predicted molar refractivity (Wildman–Crippen MR) is 57.2 cm³/mol. The first-order valence-electron chi connectivity index (χ1n) is 5.57. The van der Waals surface area contributed by atoms with Gasteiger partial charge < -0.3 is 0 Å². The second-order valence-electron chi connectivity index (χ2n) is 4.43. The minimum atomic E-state index is 0.605. The molecule has 0 aromatic rings. The first-order chi connectivity index (χ1) is 6.34. The van der Waals surface area contributed by atoms with Gasteiger partial charge in [0.2, 0.25) is 0 Å². The molecule has 2 unspecified atom stereocenters. The first-order valence-corrected chi connectivity index (χ1v) is 5.57. The maximum Gasteiger partial charge on any atom is 0.0538 e. The fourth-order valence-electron chi connectivity index (χ4n) is 2.35. The second-order valence-corrected chi connectivity index (χ2v) is 4.43. The molecule has 2 rings (SSSR count). The molecule has 13 heavy (non-hydrogen) atoms. The highest BCUT2D eigenvalue weighted by molar-refractivity contribution is 5.86. The molecule has 0 aromatic carbocycles. The first kappa shape index (κ1) is 8.98. The zero-order valence-corrected chi connectivity index (χ0v) is 8.50. The predicted octanol–water partition coefficient (Wildman–Crippen LogP) is 3.36. The minimum Gasteiger partial charge on any atom is -0.290 e. The van der Waals surface area contributed by atoms with Crippen molar-refractivity contribution in [1.82, 2.24) is 0 Å². The van der Waals surface area contributed by atoms with Crippen LogP contribution in [-0.4, -0.2) is 11.8 Å². The number of rotatable bonds is 1. The fraction of sp³-hybridized carbons (Fsp3) is 0.750. The lowest BCUT2D eigenvalue weighted by Gasteiger charge is -2.19. The van der Waals surface area contributed by atoms with Gasteiger partial charge in [0.15, 0.2) is 0 Å². The van der Waals surface area contributed by atoms with Crippen molar-refractivity contribution < 1.29 is 0 Å². The Morgan fingerprint density at radius 1 is 1.31 bits per heavy atom. The molecule has 0 aliphatic heterocycles. The van der Waals surface area contributed by atoms with Crippen LogP contribution in [0.5, 0.6) is 0 Å². The number of aliphatic imine (C=N–C) groups is 1. The van der Waals surface area contributed by atoms with Crippen molar-refractivity contribution in [3.63, 3.8) is 0 Å². The quantitative estimate of drug-likeness (QED) is 0.545. The lowest BCUT2D eigenvalue weighted by molar-refractivity contribution is 0.512. The Labute approximate surface area is 80.9 Å². The zero-order chi connectivity index (χ0) is 9.10. The molecule has 1 saturated carbocycles. The summed E-state index contributed by atoms with van der Waals surface area (Å²) in [4.78, 5) is 4.85. The van der Waals surface area contributed by atoms with E-state index >= 15 is 0 Å². The van der Waals surface area contributed by atoms with Crippen LogP contribution in [0.4, 0.5) is 0 Å². The van der Waals surface area contributed by atoms with E-state index in [2.05, 4.69) is 19.1 Å². The van der Waals surface area contributed by atoms with Crippen LogP contribution < -0.4 is 0 Å². The van der Waals surface area contributed by atoms with Crippen LogP contribution in [-0.2, 0) is 0 Å². The second kappa shape index (κ2) is 4.08. The standard InChI is InChI=1S/C12H19N/c1-10-5-4-8-12(9-10)13-11-6-2-3-7-11/h4-5,10,12H,2-3,6-9H2,1H3. The fourth-order valence-corrected chi connectivity index (χ4v) is 2.35. The smallest absolute Gasteiger partial charge is 0.0538 e. The average molecular weight is 177 g/mol. The topological polar surface area (TPSA) is 12.4 Å². The molecule has 0 aromatic heterocycles. The maximum atomic E-state index is 4.85. The normalized spacial score (nSPS) is 33.8. The molecule has 0 N–H and O–H groups in total. The maximum absolute atomic E-state index is 4.85. The van der Waals surface area contributed by atoms with Gasteiger partial charge in [-0.3, -0.25) is 4.99 Å². The molecule has 0 spiro atoms. The third-order valence-corrected chi connectivity index (χ3v) is 3.06. The summed E-state index contributed by atoms with van der Waals surface area (Å²) in [6.45, 7) is 2.29. The van der Waals surface area contributed by atoms with E-state index in [9.17, 15) is 0 Å². The molecular weight excluding hydrogens is 158 g/mol. The van der Waals surface area contributed by atoms with Crippen LogP contribution in [0.15, 0.2) is 17.1 Å². The Hall–Kier alpha value is -0.590. The van der Waals surface area contributed by atoms with Crippen LogP contribution in [0.25, 0.3) is 0 Å². The molecule has 0 bridgehead atoms. The molecule has 72 valence electrons. The summed E-state index contributed by atoms with van der Waals surface area (Å²) in [5.41, 5.74) is 1.49. The third kappa shape index (κ3) is 2.43. The van der Waals surface area contributed by atoms with Crippen LogP contribution in [0.2, 0.25) is 0 Å². The number of nitrogens with zero attached hydrogens (tertiary/aromatic N) is 1. The number of allylic oxidation sites excluding steroid dienone is 1. The van der Waals surface area contributed by atoms with Crippen molar-refractivity contribution in [3.8, 4) is 0 Å². The van der Waals surface area contributed by atoms with Gasteiger partial charge in [-0.2, -0.15) is 0 Å². The summed E-state index contributed by atoms with van der Waals surface area (Å²) < 4.78 is 0. The van der Waals surface area contributed by atoms with Crippen LogP contribution in [0, 0.1) is 5.92 Å². The van der Waals surface area contributed by atoms with Gasteiger partial charge in [-0.25, -0.2) is 0 Å². The van der Waals surface area contributed by atoms with Gasteiger partial charge in [-0.1, -0.05) is 19.1 Å². The lowest BCUT2D eigenvalue weighted by Crippen LogP contribution is -2.13. The largest absolute Gasteiger partial charge is 0.290 e. The van der Waals surface area contributed by atoms with E-state index < -0.39 is 0 Å². The van der Waals surface area contributed by atoms with Crippen LogP contribution in [0.3, 0.4) is 0 Å². The van der Waals surface area contributed by atoms with E-state index in [1.54, 1.807) is 0 Å². The lowest BCUT2D eigenvalue weighted by atomic mass is 9.93. The van der Waals surface area contributed by atoms with Crippen molar-refractivity contribution in [3.05, 3.63) is 12.2 Å². The van der Waals surface area contributed by atoms with Gasteiger partial charge in [0.05, 0.1) is 6.04 Å². The Bertz CT molecular complexity index is 219. The summed E-state index contributed by atoms with van der Waals surface area (Å²) in [6, 6.07) is 0.605. The van der Waals surface area contributed by atoms with Gasteiger partial charge in [0.1, 0.15) is 0 Å². The van der Waals surface area contributed by atoms with E-state index in [-0.39, 0.29) is 0 Å². The zero-order valence-electron chi connectivity index (χ0n) is 8.50. The number of hydrogen-bond donors (Lipinski definition) is 0. The van der Waals surface area contributed by atoms with Crippen molar-refractivity contribution in [2.75, 3.05) is 0 Å². The Kier molecular flexibility index (Phi) is 2.82. The Morgan fingerprint density at radius 2 is 2.08 bits per heavy atom. The minimum absolute atomic E-state index is 0.605. The van der Waals surface area contributed by atoms with Gasteiger partial charge >= 0.3 is 0 Å². The van der Waals surface area contributed by atoms with Crippen LogP contribution >= 0.6 is 0 Å². The molecule has 0 saturated heterocycles. The van der Waals surface area contributed by atoms with E-state index in [4.69, 9.17) is 4.99 Å². The summed E-state index contributed by atoms with van der Waals surface area (Å²) in [7, 11) is 0. The molecule has 2 aliphatic carbocycles. The third-order valence-electron chi connectivity index (χ3n) is 3.06. The Morgan fingerprint density at radius 3 is 2.77 bits per heavy atom. The molecule has 0 heterocycles. The highest BCUT2D eigenvalue weighted by Crippen LogP contribution is 2.23. The number of hydrogen-bond acceptors (Lipinski definition) is 1. The average Bonchev–Trinajstić information content (AvgIpc) is 2.57. The highest BCUT2D eigenvalue weighted by atomic mass is 14.8. The molecule has 0 amide bonds. The van der Waals surface area contributed by atoms with E-state index in [1.165, 1.54) is 44.2 Å². The van der Waals surface area contributed by atoms with E-state index in [0.717, 1.165) is 5.92 Å². The van der Waals surface area contributed by atoms with Gasteiger partial charge in [0.25, 0.3) is 0 Å². The summed E-state index contributed by atoms with van der Waals surface area (Å²) in [6.07, 6.45) is 12.4. The molecule has 1 fully saturated rings. The summed E-state index contributed by atoms with van der Waals surface area (Å²) in [5.74, 6) is 0.740. The summed E-state index contributed by atoms with van der Waals surface area (Å²) >= 11 is 0. The van der Waals surface area contributed by atoms with Crippen molar-refractivity contribution in [1.29, 1.82) is 0 Å². The van der Waals surface area contributed by atoms with Gasteiger partial charge in [-0.15, -0.1) is 0 Å². The van der Waals surface area contributed by atoms with Crippen LogP contribution in [0.1, 0.15) is 45.4 Å². The Balaban J connectivity index is 1.94. The molecule has 2 aliphatic rings. The molecule has 0 radical (unpaired) electrons.